The summed E-state index contributed by atoms with van der Waals surface area (Å²) in [5, 5.41) is 7.24. The molecule has 3 aromatic rings. The van der Waals surface area contributed by atoms with Crippen LogP contribution in [0.15, 0.2) is 58.5 Å². The molecule has 0 saturated carbocycles. The summed E-state index contributed by atoms with van der Waals surface area (Å²) in [5.74, 6) is 0. The maximum atomic E-state index is 11.8. The van der Waals surface area contributed by atoms with E-state index in [0.717, 1.165) is 12.1 Å². The van der Waals surface area contributed by atoms with Crippen molar-refractivity contribution in [2.24, 2.45) is 7.05 Å². The number of aromatic nitrogens is 4. The molecule has 0 aliphatic heterocycles. The first-order chi connectivity index (χ1) is 11.1. The normalized spacial score (nSPS) is 10.7. The van der Waals surface area contributed by atoms with Crippen LogP contribution in [0.3, 0.4) is 0 Å². The summed E-state index contributed by atoms with van der Waals surface area (Å²) in [6.07, 6.45) is 7.15. The topological polar surface area (TPSA) is 64.7 Å². The highest BCUT2D eigenvalue weighted by Crippen LogP contribution is 2.17. The SMILES string of the molecule is Cn1ncc(NCc2ccc(Cn3ccnc3)cc2)c(Br)c1=O. The van der Waals surface area contributed by atoms with Gasteiger partial charge in [-0.05, 0) is 27.1 Å². The number of rotatable bonds is 5. The molecule has 2 aromatic heterocycles. The highest BCUT2D eigenvalue weighted by molar-refractivity contribution is 9.10. The van der Waals surface area contributed by atoms with Gasteiger partial charge in [-0.2, -0.15) is 5.10 Å². The molecule has 0 atom stereocenters. The lowest BCUT2D eigenvalue weighted by Gasteiger charge is -2.09. The van der Waals surface area contributed by atoms with Crippen molar-refractivity contribution >= 4 is 21.6 Å². The van der Waals surface area contributed by atoms with Crippen molar-refractivity contribution in [2.75, 3.05) is 5.32 Å². The molecule has 0 bridgehead atoms. The van der Waals surface area contributed by atoms with Crippen LogP contribution in [0.2, 0.25) is 0 Å². The van der Waals surface area contributed by atoms with Gasteiger partial charge < -0.3 is 9.88 Å². The Morgan fingerprint density at radius 2 is 1.96 bits per heavy atom. The van der Waals surface area contributed by atoms with Gasteiger partial charge in [0.05, 0.1) is 18.2 Å². The van der Waals surface area contributed by atoms with Crippen LogP contribution in [0.1, 0.15) is 11.1 Å². The Morgan fingerprint density at radius 3 is 2.65 bits per heavy atom. The van der Waals surface area contributed by atoms with Gasteiger partial charge in [-0.1, -0.05) is 24.3 Å². The number of hydrogen-bond acceptors (Lipinski definition) is 4. The van der Waals surface area contributed by atoms with E-state index in [9.17, 15) is 4.79 Å². The average molecular weight is 374 g/mol. The summed E-state index contributed by atoms with van der Waals surface area (Å²) < 4.78 is 3.81. The van der Waals surface area contributed by atoms with Crippen molar-refractivity contribution in [3.05, 3.63) is 75.1 Å². The van der Waals surface area contributed by atoms with Crippen LogP contribution >= 0.6 is 15.9 Å². The zero-order valence-electron chi connectivity index (χ0n) is 12.6. The zero-order valence-corrected chi connectivity index (χ0v) is 14.2. The van der Waals surface area contributed by atoms with Gasteiger partial charge in [-0.15, -0.1) is 0 Å². The van der Waals surface area contributed by atoms with E-state index in [0.29, 0.717) is 16.7 Å². The molecule has 0 saturated heterocycles. The molecular formula is C16H16BrN5O. The highest BCUT2D eigenvalue weighted by Gasteiger charge is 2.06. The number of nitrogens with zero attached hydrogens (tertiary/aromatic N) is 4. The Balaban J connectivity index is 1.65. The molecule has 23 heavy (non-hydrogen) atoms. The van der Waals surface area contributed by atoms with Crippen LogP contribution in [0.25, 0.3) is 0 Å². The van der Waals surface area contributed by atoms with Gasteiger partial charge in [0.2, 0.25) is 0 Å². The van der Waals surface area contributed by atoms with E-state index in [1.165, 1.54) is 10.2 Å². The molecule has 0 aliphatic rings. The van der Waals surface area contributed by atoms with Gasteiger partial charge in [0.15, 0.2) is 0 Å². The molecule has 1 N–H and O–H groups in total. The van der Waals surface area contributed by atoms with Crippen LogP contribution in [0.5, 0.6) is 0 Å². The average Bonchev–Trinajstić information content (AvgIpc) is 3.06. The van der Waals surface area contributed by atoms with Gasteiger partial charge in [-0.3, -0.25) is 4.79 Å². The Morgan fingerprint density at radius 1 is 1.22 bits per heavy atom. The first kappa shape index (κ1) is 15.5. The van der Waals surface area contributed by atoms with Crippen molar-refractivity contribution in [1.29, 1.82) is 0 Å². The predicted octanol–water partition coefficient (Wildman–Crippen LogP) is 2.40. The minimum absolute atomic E-state index is 0.161. The van der Waals surface area contributed by atoms with E-state index in [1.54, 1.807) is 25.8 Å². The van der Waals surface area contributed by atoms with Crippen LogP contribution in [0, 0.1) is 0 Å². The molecule has 6 nitrogen and oxygen atoms in total. The fourth-order valence-electron chi connectivity index (χ4n) is 2.18. The second-order valence-corrected chi connectivity index (χ2v) is 6.00. The second kappa shape index (κ2) is 6.78. The van der Waals surface area contributed by atoms with Gasteiger partial charge in [0, 0.05) is 32.5 Å². The monoisotopic (exact) mass is 373 g/mol. The number of imidazole rings is 1. The molecule has 118 valence electrons. The van der Waals surface area contributed by atoms with E-state index in [4.69, 9.17) is 0 Å². The molecule has 0 unspecified atom stereocenters. The third-order valence-electron chi connectivity index (χ3n) is 3.51. The molecule has 0 aliphatic carbocycles. The minimum Gasteiger partial charge on any atom is -0.379 e. The highest BCUT2D eigenvalue weighted by atomic mass is 79.9. The minimum atomic E-state index is -0.161. The number of hydrogen-bond donors (Lipinski definition) is 1. The second-order valence-electron chi connectivity index (χ2n) is 5.21. The van der Waals surface area contributed by atoms with Crippen molar-refractivity contribution in [1.82, 2.24) is 19.3 Å². The van der Waals surface area contributed by atoms with E-state index in [-0.39, 0.29) is 5.56 Å². The molecular weight excluding hydrogens is 358 g/mol. The fourth-order valence-corrected chi connectivity index (χ4v) is 2.68. The molecule has 3 rings (SSSR count). The number of aryl methyl sites for hydroxylation is 1. The standard InChI is InChI=1S/C16H16BrN5O/c1-21-16(23)15(17)14(9-20-21)19-8-12-2-4-13(5-3-12)10-22-7-6-18-11-22/h2-7,9,11,19H,8,10H2,1H3. The van der Waals surface area contributed by atoms with E-state index < -0.39 is 0 Å². The van der Waals surface area contributed by atoms with Gasteiger partial charge in [0.25, 0.3) is 5.56 Å². The van der Waals surface area contributed by atoms with Crippen LogP contribution in [-0.2, 0) is 20.1 Å². The lowest BCUT2D eigenvalue weighted by molar-refractivity contribution is 0.703. The van der Waals surface area contributed by atoms with Gasteiger partial charge >= 0.3 is 0 Å². The molecule has 1 aromatic carbocycles. The summed E-state index contributed by atoms with van der Waals surface area (Å²) in [6, 6.07) is 8.33. The van der Waals surface area contributed by atoms with E-state index >= 15 is 0 Å². The van der Waals surface area contributed by atoms with E-state index in [2.05, 4.69) is 55.6 Å². The van der Waals surface area contributed by atoms with Crippen LogP contribution < -0.4 is 10.9 Å². The summed E-state index contributed by atoms with van der Waals surface area (Å²) in [7, 11) is 1.62. The first-order valence-electron chi connectivity index (χ1n) is 7.13. The Hall–Kier alpha value is -2.41. The third-order valence-corrected chi connectivity index (χ3v) is 4.27. The molecule has 7 heteroatoms. The molecule has 0 spiro atoms. The number of halogens is 1. The van der Waals surface area contributed by atoms with Crippen molar-refractivity contribution in [3.8, 4) is 0 Å². The van der Waals surface area contributed by atoms with Crippen molar-refractivity contribution in [2.45, 2.75) is 13.1 Å². The van der Waals surface area contributed by atoms with Crippen molar-refractivity contribution < 1.29 is 0 Å². The Labute approximate surface area is 141 Å². The van der Waals surface area contributed by atoms with Crippen LogP contribution in [0.4, 0.5) is 5.69 Å². The van der Waals surface area contributed by atoms with Gasteiger partial charge in [0.1, 0.15) is 4.47 Å². The summed E-state index contributed by atoms with van der Waals surface area (Å²) in [5.41, 5.74) is 2.87. The predicted molar refractivity (Wildman–Crippen MR) is 92.3 cm³/mol. The first-order valence-corrected chi connectivity index (χ1v) is 7.92. The van der Waals surface area contributed by atoms with Crippen molar-refractivity contribution in [3.63, 3.8) is 0 Å². The lowest BCUT2D eigenvalue weighted by atomic mass is 10.1. The molecule has 0 amide bonds. The van der Waals surface area contributed by atoms with E-state index in [1.807, 2.05) is 10.8 Å². The largest absolute Gasteiger partial charge is 0.379 e. The maximum absolute atomic E-state index is 11.8. The maximum Gasteiger partial charge on any atom is 0.282 e. The Kier molecular flexibility index (Phi) is 4.57. The van der Waals surface area contributed by atoms with Gasteiger partial charge in [-0.25, -0.2) is 9.67 Å². The lowest BCUT2D eigenvalue weighted by Crippen LogP contribution is -2.21. The number of nitrogens with one attached hydrogen (secondary N) is 1. The zero-order chi connectivity index (χ0) is 16.2. The third kappa shape index (κ3) is 3.68. The molecule has 2 heterocycles. The fraction of sp³-hybridized carbons (Fsp3) is 0.188. The summed E-state index contributed by atoms with van der Waals surface area (Å²) >= 11 is 3.30. The Bertz CT molecular complexity index is 840. The summed E-state index contributed by atoms with van der Waals surface area (Å²) in [4.78, 5) is 15.8. The van der Waals surface area contributed by atoms with Crippen LogP contribution in [-0.4, -0.2) is 19.3 Å². The number of anilines is 1. The number of benzene rings is 1. The summed E-state index contributed by atoms with van der Waals surface area (Å²) in [6.45, 7) is 1.43. The molecule has 0 fully saturated rings. The smallest absolute Gasteiger partial charge is 0.282 e. The quantitative estimate of drug-likeness (QED) is 0.745. The molecule has 0 radical (unpaired) electrons.